The zero-order chi connectivity index (χ0) is 20.5. The maximum Gasteiger partial charge on any atom is 0.294 e. The SMILES string of the molecule is CC1(C)C(/C=C/C=C/N)=[N+](CCCS(=O)(=O)O)c2ccc(S(=O)(=O)O)cc21. The molecule has 0 saturated carbocycles. The smallest absolute Gasteiger partial charge is 0.294 e. The molecule has 1 aliphatic rings. The maximum absolute atomic E-state index is 11.5. The molecule has 1 heterocycles. The molecule has 0 atom stereocenters. The van der Waals surface area contributed by atoms with E-state index in [0.29, 0.717) is 17.8 Å². The third-order valence-electron chi connectivity index (χ3n) is 4.42. The van der Waals surface area contributed by atoms with Gasteiger partial charge < -0.3 is 5.73 Å². The first kappa shape index (κ1) is 21.3. The molecule has 2 rings (SSSR count). The van der Waals surface area contributed by atoms with Gasteiger partial charge in [-0.3, -0.25) is 9.11 Å². The summed E-state index contributed by atoms with van der Waals surface area (Å²) in [6.07, 6.45) is 6.71. The van der Waals surface area contributed by atoms with Gasteiger partial charge in [0.25, 0.3) is 20.2 Å². The molecular formula is C17H23N2O6S2+. The highest BCUT2D eigenvalue weighted by molar-refractivity contribution is 7.86. The summed E-state index contributed by atoms with van der Waals surface area (Å²) in [5.41, 5.74) is 6.94. The van der Waals surface area contributed by atoms with Gasteiger partial charge in [-0.1, -0.05) is 6.08 Å². The predicted molar refractivity (Wildman–Crippen MR) is 103 cm³/mol. The summed E-state index contributed by atoms with van der Waals surface area (Å²) in [5, 5.41) is 0. The maximum atomic E-state index is 11.5. The molecule has 0 unspecified atom stereocenters. The first-order valence-corrected chi connectivity index (χ1v) is 11.2. The van der Waals surface area contributed by atoms with Crippen molar-refractivity contribution in [3.63, 3.8) is 0 Å². The van der Waals surface area contributed by atoms with Crippen LogP contribution in [0.4, 0.5) is 5.69 Å². The van der Waals surface area contributed by atoms with Crippen molar-refractivity contribution >= 4 is 31.6 Å². The van der Waals surface area contributed by atoms with Crippen LogP contribution in [-0.2, 0) is 25.7 Å². The van der Waals surface area contributed by atoms with Crippen LogP contribution in [0.2, 0.25) is 0 Å². The Kier molecular flexibility index (Phi) is 5.95. The van der Waals surface area contributed by atoms with Crippen LogP contribution in [0.1, 0.15) is 25.8 Å². The largest absolute Gasteiger partial charge is 0.405 e. The summed E-state index contributed by atoms with van der Waals surface area (Å²) in [5.74, 6) is -0.387. The normalized spacial score (nSPS) is 17.2. The van der Waals surface area contributed by atoms with Crippen molar-refractivity contribution in [2.24, 2.45) is 5.73 Å². The second-order valence-corrected chi connectivity index (χ2v) is 9.69. The molecule has 0 bridgehead atoms. The number of hydrogen-bond donors (Lipinski definition) is 3. The fourth-order valence-corrected chi connectivity index (χ4v) is 4.17. The molecule has 10 heteroatoms. The van der Waals surface area contributed by atoms with Gasteiger partial charge in [0.1, 0.15) is 6.54 Å². The lowest BCUT2D eigenvalue weighted by Gasteiger charge is -2.15. The molecule has 4 N–H and O–H groups in total. The topological polar surface area (TPSA) is 138 Å². The number of nitrogens with two attached hydrogens (primary N) is 1. The summed E-state index contributed by atoms with van der Waals surface area (Å²) in [6.45, 7) is 4.09. The van der Waals surface area contributed by atoms with Crippen molar-refractivity contribution in [2.45, 2.75) is 30.6 Å². The van der Waals surface area contributed by atoms with Gasteiger partial charge in [0, 0.05) is 24.1 Å². The number of fused-ring (bicyclic) bond motifs is 1. The molecule has 1 aromatic rings. The van der Waals surface area contributed by atoms with E-state index in [1.165, 1.54) is 18.3 Å². The van der Waals surface area contributed by atoms with Crippen LogP contribution in [-0.4, -0.2) is 48.5 Å². The molecule has 0 fully saturated rings. The monoisotopic (exact) mass is 415 g/mol. The van der Waals surface area contributed by atoms with E-state index in [9.17, 15) is 21.4 Å². The van der Waals surface area contributed by atoms with Crippen molar-refractivity contribution in [3.8, 4) is 0 Å². The van der Waals surface area contributed by atoms with Crippen molar-refractivity contribution < 1.29 is 30.5 Å². The van der Waals surface area contributed by atoms with Gasteiger partial charge in [-0.05, 0) is 38.3 Å². The first-order chi connectivity index (χ1) is 12.4. The second kappa shape index (κ2) is 7.55. The highest BCUT2D eigenvalue weighted by Crippen LogP contribution is 2.41. The molecule has 0 spiro atoms. The molecule has 1 aliphatic heterocycles. The zero-order valence-electron chi connectivity index (χ0n) is 15.0. The summed E-state index contributed by atoms with van der Waals surface area (Å²) in [7, 11) is -8.43. The minimum absolute atomic E-state index is 0.179. The van der Waals surface area contributed by atoms with Crippen LogP contribution in [0.5, 0.6) is 0 Å². The molecule has 0 aliphatic carbocycles. The van der Waals surface area contributed by atoms with Crippen LogP contribution in [0.15, 0.2) is 47.5 Å². The highest BCUT2D eigenvalue weighted by atomic mass is 32.2. The second-order valence-electron chi connectivity index (χ2n) is 6.70. The van der Waals surface area contributed by atoms with Gasteiger partial charge in [0.15, 0.2) is 5.71 Å². The van der Waals surface area contributed by atoms with E-state index in [2.05, 4.69) is 0 Å². The summed E-state index contributed by atoms with van der Waals surface area (Å²) in [6, 6.07) is 4.29. The lowest BCUT2D eigenvalue weighted by atomic mass is 9.81. The van der Waals surface area contributed by atoms with E-state index in [4.69, 9.17) is 10.3 Å². The van der Waals surface area contributed by atoms with Crippen molar-refractivity contribution in [1.82, 2.24) is 0 Å². The number of allylic oxidation sites excluding steroid dienone is 3. The van der Waals surface area contributed by atoms with Crippen molar-refractivity contribution in [2.75, 3.05) is 12.3 Å². The third kappa shape index (κ3) is 4.83. The van der Waals surface area contributed by atoms with Gasteiger partial charge in [0.05, 0.1) is 16.1 Å². The quantitative estimate of drug-likeness (QED) is 0.349. The van der Waals surface area contributed by atoms with Crippen molar-refractivity contribution in [1.29, 1.82) is 0 Å². The van der Waals surface area contributed by atoms with E-state index in [-0.39, 0.29) is 17.1 Å². The fourth-order valence-electron chi connectivity index (χ4n) is 3.17. The molecule has 0 radical (unpaired) electrons. The minimum Gasteiger partial charge on any atom is -0.405 e. The fraction of sp³-hybridized carbons (Fsp3) is 0.353. The highest BCUT2D eigenvalue weighted by Gasteiger charge is 2.44. The van der Waals surface area contributed by atoms with E-state index < -0.39 is 25.7 Å². The van der Waals surface area contributed by atoms with E-state index >= 15 is 0 Å². The molecule has 0 aromatic heterocycles. The van der Waals surface area contributed by atoms with Crippen molar-refractivity contribution in [3.05, 3.63) is 48.2 Å². The summed E-state index contributed by atoms with van der Waals surface area (Å²) in [4.78, 5) is -0.209. The lowest BCUT2D eigenvalue weighted by molar-refractivity contribution is -0.437. The van der Waals surface area contributed by atoms with Gasteiger partial charge in [-0.15, -0.1) is 0 Å². The summed E-state index contributed by atoms with van der Waals surface area (Å²) < 4.78 is 65.2. The Morgan fingerprint density at radius 3 is 2.37 bits per heavy atom. The molecule has 0 saturated heterocycles. The number of rotatable bonds is 7. The van der Waals surface area contributed by atoms with Crippen LogP contribution in [0.25, 0.3) is 0 Å². The Labute approximate surface area is 159 Å². The molecule has 0 amide bonds. The number of hydrogen-bond acceptors (Lipinski definition) is 5. The molecule has 1 aromatic carbocycles. The predicted octanol–water partition coefficient (Wildman–Crippen LogP) is 1.62. The summed E-state index contributed by atoms with van der Waals surface area (Å²) >= 11 is 0. The average Bonchev–Trinajstić information content (AvgIpc) is 2.74. The van der Waals surface area contributed by atoms with E-state index in [1.807, 2.05) is 24.5 Å². The van der Waals surface area contributed by atoms with E-state index in [0.717, 1.165) is 5.71 Å². The molecular weight excluding hydrogens is 392 g/mol. The van der Waals surface area contributed by atoms with E-state index in [1.54, 1.807) is 18.2 Å². The third-order valence-corrected chi connectivity index (χ3v) is 6.08. The standard InChI is InChI=1S/C17H22N2O6S2/c1-17(2)14-12-13(27(23,24)25)7-8-15(14)19(10-5-11-26(20,21)22)16(17)6-3-4-9-18/h3-4,6-9,12,18H,5,10-11H2,1-2H3,(H2,20,21,22,23,24,25)/p+1. The first-order valence-electron chi connectivity index (χ1n) is 8.15. The van der Waals surface area contributed by atoms with Gasteiger partial charge in [0.2, 0.25) is 5.69 Å². The lowest BCUT2D eigenvalue weighted by Crippen LogP contribution is -2.28. The average molecular weight is 416 g/mol. The Morgan fingerprint density at radius 2 is 1.81 bits per heavy atom. The molecule has 148 valence electrons. The molecule has 27 heavy (non-hydrogen) atoms. The van der Waals surface area contributed by atoms with Crippen LogP contribution in [0.3, 0.4) is 0 Å². The Balaban J connectivity index is 2.56. The minimum atomic E-state index is -4.35. The van der Waals surface area contributed by atoms with Gasteiger partial charge in [-0.25, -0.2) is 0 Å². The van der Waals surface area contributed by atoms with Crippen LogP contribution in [0, 0.1) is 0 Å². The zero-order valence-corrected chi connectivity index (χ0v) is 16.7. The Morgan fingerprint density at radius 1 is 1.15 bits per heavy atom. The van der Waals surface area contributed by atoms with Crippen LogP contribution < -0.4 is 5.73 Å². The Bertz CT molecular complexity index is 1040. The Hall–Kier alpha value is -2.01. The van der Waals surface area contributed by atoms with Gasteiger partial charge in [-0.2, -0.15) is 21.4 Å². The van der Waals surface area contributed by atoms with Gasteiger partial charge >= 0.3 is 0 Å². The molecule has 8 nitrogen and oxygen atoms in total. The van der Waals surface area contributed by atoms with Crippen LogP contribution >= 0.6 is 0 Å². The number of benzene rings is 1. The number of nitrogens with zero attached hydrogens (tertiary/aromatic N) is 1.